The number of aromatic nitrogens is 1. The summed E-state index contributed by atoms with van der Waals surface area (Å²) in [5.41, 5.74) is 2.80. The smallest absolute Gasteiger partial charge is 0.142 e. The second kappa shape index (κ2) is 9.14. The number of benzene rings is 2. The zero-order valence-electron chi connectivity index (χ0n) is 15.1. The quantitative estimate of drug-likeness (QED) is 0.524. The molecule has 2 heterocycles. The normalized spacial score (nSPS) is 13.9. The predicted molar refractivity (Wildman–Crippen MR) is 105 cm³/mol. The number of carbonyl (C=O) groups is 1. The van der Waals surface area contributed by atoms with Gasteiger partial charge in [-0.05, 0) is 36.4 Å². The van der Waals surface area contributed by atoms with Crippen molar-refractivity contribution in [3.63, 3.8) is 0 Å². The van der Waals surface area contributed by atoms with Gasteiger partial charge in [0.25, 0.3) is 0 Å². The van der Waals surface area contributed by atoms with Crippen LogP contribution in [0.5, 0.6) is 5.75 Å². The van der Waals surface area contributed by atoms with Gasteiger partial charge in [-0.15, -0.1) is 4.48 Å². The van der Waals surface area contributed by atoms with E-state index in [1.165, 1.54) is 12.1 Å². The van der Waals surface area contributed by atoms with Gasteiger partial charge in [0, 0.05) is 48.9 Å². The molecule has 148 valence electrons. The van der Waals surface area contributed by atoms with Gasteiger partial charge in [0.05, 0.1) is 10.5 Å². The lowest BCUT2D eigenvalue weighted by atomic mass is 10.1. The summed E-state index contributed by atoms with van der Waals surface area (Å²) >= 11 is 6.49. The maximum Gasteiger partial charge on any atom is 0.142 e. The van der Waals surface area contributed by atoms with Crippen LogP contribution in [0.1, 0.15) is 12.0 Å². The first-order valence-corrected chi connectivity index (χ1v) is 9.13. The number of halogens is 3. The van der Waals surface area contributed by atoms with Crippen LogP contribution in [-0.2, 0) is 11.3 Å². The first kappa shape index (κ1) is 20.3. The van der Waals surface area contributed by atoms with E-state index in [1.807, 2.05) is 29.0 Å². The molecule has 2 aromatic carbocycles. The molecule has 1 aromatic heterocycles. The fourth-order valence-corrected chi connectivity index (χ4v) is 3.70. The van der Waals surface area contributed by atoms with Crippen molar-refractivity contribution in [3.8, 4) is 11.4 Å². The highest BCUT2D eigenvalue weighted by molar-refractivity contribution is 6.32. The molecule has 3 aromatic rings. The average Bonchev–Trinajstić information content (AvgIpc) is 3.00. The molecule has 5 nitrogen and oxygen atoms in total. The van der Waals surface area contributed by atoms with Gasteiger partial charge in [-0.1, -0.05) is 11.6 Å². The fourth-order valence-electron chi connectivity index (χ4n) is 3.41. The van der Waals surface area contributed by atoms with Crippen LogP contribution in [-0.4, -0.2) is 35.4 Å². The third kappa shape index (κ3) is 4.16. The van der Waals surface area contributed by atoms with Gasteiger partial charge in [0.2, 0.25) is 0 Å². The van der Waals surface area contributed by atoms with Crippen molar-refractivity contribution in [2.45, 2.75) is 13.0 Å². The Hall–Kier alpha value is -2.48. The number of carbonyl (C=O) groups excluding carboxylic acids is 1. The lowest BCUT2D eigenvalue weighted by Gasteiger charge is -2.18. The van der Waals surface area contributed by atoms with Crippen molar-refractivity contribution < 1.29 is 18.4 Å². The van der Waals surface area contributed by atoms with Crippen molar-refractivity contribution in [2.24, 2.45) is 5.96 Å². The van der Waals surface area contributed by atoms with E-state index in [9.17, 15) is 9.18 Å². The van der Waals surface area contributed by atoms with Crippen molar-refractivity contribution in [1.29, 1.82) is 0 Å². The Morgan fingerprint density at radius 3 is 2.82 bits per heavy atom. The van der Waals surface area contributed by atoms with E-state index in [1.54, 1.807) is 6.07 Å². The Balaban J connectivity index is 0.00000109. The Morgan fingerprint density at radius 2 is 2.04 bits per heavy atom. The van der Waals surface area contributed by atoms with Crippen LogP contribution in [0.4, 0.5) is 8.87 Å². The molecule has 0 fully saturated rings. The van der Waals surface area contributed by atoms with Crippen LogP contribution in [0.2, 0.25) is 5.02 Å². The van der Waals surface area contributed by atoms with Crippen LogP contribution < -0.4 is 10.7 Å². The second-order valence-corrected chi connectivity index (χ2v) is 6.79. The topological polar surface area (TPSA) is 60.5 Å². The van der Waals surface area contributed by atoms with Crippen molar-refractivity contribution >= 4 is 28.8 Å². The summed E-state index contributed by atoms with van der Waals surface area (Å²) in [4.78, 5) is 12.9. The van der Waals surface area contributed by atoms with Gasteiger partial charge in [-0.25, -0.2) is 4.39 Å². The van der Waals surface area contributed by atoms with E-state index >= 15 is 0 Å². The van der Waals surface area contributed by atoms with Gasteiger partial charge >= 0.3 is 0 Å². The number of aldehydes is 1. The molecule has 1 aliphatic heterocycles. The molecular formula is C20H20ClF2N3O2. The van der Waals surface area contributed by atoms with Crippen LogP contribution >= 0.6 is 11.6 Å². The fraction of sp³-hybridized carbons (Fsp3) is 0.250. The Bertz CT molecular complexity index is 977. The molecule has 0 bridgehead atoms. The minimum atomic E-state index is -0.255. The zero-order valence-corrected chi connectivity index (χ0v) is 15.8. The van der Waals surface area contributed by atoms with Gasteiger partial charge in [-0.2, -0.15) is 5.96 Å². The van der Waals surface area contributed by atoms with Crippen LogP contribution in [0.25, 0.3) is 16.6 Å². The first-order valence-electron chi connectivity index (χ1n) is 8.76. The van der Waals surface area contributed by atoms with Crippen LogP contribution in [0, 0.1) is 5.82 Å². The molecule has 4 rings (SSSR count). The summed E-state index contributed by atoms with van der Waals surface area (Å²) in [6.07, 6.45) is 3.33. The Morgan fingerprint density at radius 1 is 1.21 bits per heavy atom. The van der Waals surface area contributed by atoms with Gasteiger partial charge in [-0.3, -0.25) is 4.90 Å². The minimum absolute atomic E-state index is 0.255. The Labute approximate surface area is 166 Å². The number of hydrogen-bond donors (Lipinski definition) is 1. The molecule has 0 aliphatic carbocycles. The predicted octanol–water partition coefficient (Wildman–Crippen LogP) is 4.04. The van der Waals surface area contributed by atoms with E-state index in [0.717, 1.165) is 35.0 Å². The molecule has 8 heteroatoms. The molecule has 0 saturated heterocycles. The number of rotatable bonds is 4. The summed E-state index contributed by atoms with van der Waals surface area (Å²) in [5, 5.41) is 1.39. The van der Waals surface area contributed by atoms with Gasteiger partial charge < -0.3 is 14.1 Å². The summed E-state index contributed by atoms with van der Waals surface area (Å²) in [6.45, 7) is 2.65. The van der Waals surface area contributed by atoms with E-state index < -0.39 is 0 Å². The molecule has 0 amide bonds. The Kier molecular flexibility index (Phi) is 6.61. The molecule has 1 aliphatic rings. The highest BCUT2D eigenvalue weighted by atomic mass is 35.5. The molecule has 28 heavy (non-hydrogen) atoms. The second-order valence-electron chi connectivity index (χ2n) is 6.38. The summed E-state index contributed by atoms with van der Waals surface area (Å²) in [7, 11) is 0. The maximum absolute atomic E-state index is 13.5. The number of ether oxygens (including phenoxy) is 1. The molecule has 0 saturated carbocycles. The SMILES string of the molecule is NF.O=CCCN1CCOc2c(Cl)cc(-n3ccc4cc(F)ccc43)cc2C1. The highest BCUT2D eigenvalue weighted by Crippen LogP contribution is 2.35. The monoisotopic (exact) mass is 407 g/mol. The minimum Gasteiger partial charge on any atom is -0.490 e. The first-order chi connectivity index (χ1) is 13.7. The standard InChI is InChI=1S/C20H18ClFN2O2.FH2N/c21-18-12-17(24-6-4-14-10-16(22)2-3-19(14)24)11-15-13-23(5-1-8-25)7-9-26-20(15)18;1-2/h2-4,6,8,10-12H,1,5,7,9,13H2;2H2. The molecule has 0 radical (unpaired) electrons. The van der Waals surface area contributed by atoms with Crippen LogP contribution in [0.15, 0.2) is 42.6 Å². The molecular weight excluding hydrogens is 388 g/mol. The van der Waals surface area contributed by atoms with Crippen molar-refractivity contribution in [3.05, 3.63) is 59.0 Å². The van der Waals surface area contributed by atoms with Gasteiger partial charge in [0.15, 0.2) is 0 Å². The summed E-state index contributed by atoms with van der Waals surface area (Å²) in [5.74, 6) is 3.45. The summed E-state index contributed by atoms with van der Waals surface area (Å²) in [6, 6.07) is 10.5. The van der Waals surface area contributed by atoms with Gasteiger partial charge in [0.1, 0.15) is 24.5 Å². The number of fused-ring (bicyclic) bond motifs is 2. The molecule has 2 N–H and O–H groups in total. The van der Waals surface area contributed by atoms with Crippen molar-refractivity contribution in [2.75, 3.05) is 19.7 Å². The van der Waals surface area contributed by atoms with Crippen molar-refractivity contribution in [1.82, 2.24) is 9.47 Å². The van der Waals surface area contributed by atoms with E-state index in [4.69, 9.17) is 20.8 Å². The lowest BCUT2D eigenvalue weighted by Crippen LogP contribution is -2.27. The largest absolute Gasteiger partial charge is 0.490 e. The number of nitrogens with zero attached hydrogens (tertiary/aromatic N) is 2. The molecule has 0 unspecified atom stereocenters. The molecule has 0 atom stereocenters. The van der Waals surface area contributed by atoms with E-state index in [2.05, 4.69) is 10.9 Å². The molecule has 0 spiro atoms. The zero-order chi connectivity index (χ0) is 20.1. The average molecular weight is 408 g/mol. The van der Waals surface area contributed by atoms with E-state index in [0.29, 0.717) is 36.9 Å². The van der Waals surface area contributed by atoms with Crippen LogP contribution in [0.3, 0.4) is 0 Å². The maximum atomic E-state index is 13.5. The van der Waals surface area contributed by atoms with E-state index in [-0.39, 0.29) is 5.82 Å². The lowest BCUT2D eigenvalue weighted by molar-refractivity contribution is -0.108. The third-order valence-electron chi connectivity index (χ3n) is 4.65. The summed E-state index contributed by atoms with van der Waals surface area (Å²) < 4.78 is 30.3. The number of hydrogen-bond acceptors (Lipinski definition) is 4. The number of nitrogens with two attached hydrogens (primary N) is 1. The highest BCUT2D eigenvalue weighted by Gasteiger charge is 2.19. The third-order valence-corrected chi connectivity index (χ3v) is 4.93.